The number of rotatable bonds is 8. The van der Waals surface area contributed by atoms with E-state index in [0.717, 1.165) is 13.1 Å². The van der Waals surface area contributed by atoms with Crippen molar-refractivity contribution in [3.63, 3.8) is 0 Å². The van der Waals surface area contributed by atoms with Gasteiger partial charge in [0.25, 0.3) is 0 Å². The lowest BCUT2D eigenvalue weighted by Crippen LogP contribution is -2.58. The van der Waals surface area contributed by atoms with Gasteiger partial charge in [0, 0.05) is 12.6 Å². The van der Waals surface area contributed by atoms with E-state index < -0.39 is 5.54 Å². The van der Waals surface area contributed by atoms with Crippen LogP contribution < -0.4 is 5.32 Å². The second-order valence-corrected chi connectivity index (χ2v) is 4.74. The van der Waals surface area contributed by atoms with Crippen LogP contribution in [0.15, 0.2) is 0 Å². The summed E-state index contributed by atoms with van der Waals surface area (Å²) >= 11 is 0. The molecule has 102 valence electrons. The molecule has 0 aromatic carbocycles. The van der Waals surface area contributed by atoms with E-state index in [9.17, 15) is 4.79 Å². The van der Waals surface area contributed by atoms with Gasteiger partial charge in [-0.25, -0.2) is 0 Å². The summed E-state index contributed by atoms with van der Waals surface area (Å²) in [6.45, 7) is 14.9. The molecule has 1 N–H and O–H groups in total. The lowest BCUT2D eigenvalue weighted by Gasteiger charge is -2.35. The van der Waals surface area contributed by atoms with Crippen LogP contribution in [0.25, 0.3) is 0 Å². The Kier molecular flexibility index (Phi) is 7.39. The molecule has 1 unspecified atom stereocenters. The molecule has 0 saturated heterocycles. The van der Waals surface area contributed by atoms with Crippen molar-refractivity contribution in [3.8, 4) is 0 Å². The van der Waals surface area contributed by atoms with Crippen molar-refractivity contribution in [3.05, 3.63) is 0 Å². The zero-order valence-electron chi connectivity index (χ0n) is 12.2. The normalized spacial score (nSPS) is 15.1. The maximum absolute atomic E-state index is 12.0. The molecule has 17 heavy (non-hydrogen) atoms. The Morgan fingerprint density at radius 2 is 1.94 bits per heavy atom. The minimum atomic E-state index is -0.620. The van der Waals surface area contributed by atoms with Crippen LogP contribution in [0.3, 0.4) is 0 Å². The van der Waals surface area contributed by atoms with E-state index in [1.54, 1.807) is 0 Å². The highest BCUT2D eigenvalue weighted by Gasteiger charge is 2.35. The lowest BCUT2D eigenvalue weighted by molar-refractivity contribution is -0.151. The predicted molar refractivity (Wildman–Crippen MR) is 71.1 cm³/mol. The smallest absolute Gasteiger partial charge is 0.327 e. The largest absolute Gasteiger partial charge is 0.465 e. The van der Waals surface area contributed by atoms with Crippen molar-refractivity contribution in [2.75, 3.05) is 26.2 Å². The summed E-state index contributed by atoms with van der Waals surface area (Å²) in [5, 5.41) is 3.25. The summed E-state index contributed by atoms with van der Waals surface area (Å²) in [6, 6.07) is 0.424. The number of nitrogens with one attached hydrogen (secondary N) is 1. The van der Waals surface area contributed by atoms with Gasteiger partial charge in [0.15, 0.2) is 0 Å². The Balaban J connectivity index is 4.75. The van der Waals surface area contributed by atoms with Crippen LogP contribution in [0, 0.1) is 0 Å². The summed E-state index contributed by atoms with van der Waals surface area (Å²) in [5.74, 6) is -0.166. The molecule has 0 aliphatic rings. The number of carbonyl (C=O) groups is 1. The van der Waals surface area contributed by atoms with E-state index in [1.165, 1.54) is 0 Å². The predicted octanol–water partition coefficient (Wildman–Crippen LogP) is 1.65. The van der Waals surface area contributed by atoms with Crippen molar-refractivity contribution < 1.29 is 9.53 Å². The first-order valence-corrected chi connectivity index (χ1v) is 6.57. The molecule has 0 rings (SSSR count). The molecule has 1 atom stereocenters. The van der Waals surface area contributed by atoms with E-state index in [0.29, 0.717) is 19.2 Å². The second kappa shape index (κ2) is 7.67. The molecule has 0 aliphatic heterocycles. The van der Waals surface area contributed by atoms with Crippen molar-refractivity contribution in [2.45, 2.75) is 53.1 Å². The van der Waals surface area contributed by atoms with Crippen LogP contribution in [0.4, 0.5) is 0 Å². The Morgan fingerprint density at radius 3 is 2.29 bits per heavy atom. The number of hydrogen-bond donors (Lipinski definition) is 1. The summed E-state index contributed by atoms with van der Waals surface area (Å²) in [5.41, 5.74) is -0.620. The minimum absolute atomic E-state index is 0.166. The fourth-order valence-electron chi connectivity index (χ4n) is 1.94. The Bertz CT molecular complexity index is 231. The molecule has 4 nitrogen and oxygen atoms in total. The third-order valence-electron chi connectivity index (χ3n) is 2.95. The number of likely N-dealkylation sites (N-methyl/N-ethyl adjacent to an activating group) is 2. The van der Waals surface area contributed by atoms with E-state index in [-0.39, 0.29) is 5.97 Å². The van der Waals surface area contributed by atoms with Crippen LogP contribution in [0.5, 0.6) is 0 Å². The van der Waals surface area contributed by atoms with Crippen LogP contribution in [0.2, 0.25) is 0 Å². The fourth-order valence-corrected chi connectivity index (χ4v) is 1.94. The maximum atomic E-state index is 12.0. The molecule has 0 fully saturated rings. The van der Waals surface area contributed by atoms with E-state index in [2.05, 4.69) is 31.0 Å². The zero-order valence-corrected chi connectivity index (χ0v) is 12.2. The van der Waals surface area contributed by atoms with Gasteiger partial charge in [-0.15, -0.1) is 0 Å². The molecule has 0 aliphatic carbocycles. The summed E-state index contributed by atoms with van der Waals surface area (Å²) in [4.78, 5) is 14.3. The van der Waals surface area contributed by atoms with Crippen LogP contribution >= 0.6 is 0 Å². The molecule has 0 amide bonds. The number of hydrogen-bond acceptors (Lipinski definition) is 4. The molecule has 0 aromatic heterocycles. The van der Waals surface area contributed by atoms with Crippen molar-refractivity contribution in [1.29, 1.82) is 0 Å². The SMILES string of the molecule is CCNC(C)(CN(CC)C(C)C)C(=O)OCC. The first-order chi connectivity index (χ1) is 7.91. The van der Waals surface area contributed by atoms with E-state index in [1.807, 2.05) is 20.8 Å². The van der Waals surface area contributed by atoms with Gasteiger partial charge >= 0.3 is 5.97 Å². The summed E-state index contributed by atoms with van der Waals surface area (Å²) < 4.78 is 5.16. The van der Waals surface area contributed by atoms with Gasteiger partial charge in [-0.2, -0.15) is 0 Å². The molecule has 0 heterocycles. The molecular formula is C13H28N2O2. The highest BCUT2D eigenvalue weighted by Crippen LogP contribution is 2.12. The minimum Gasteiger partial charge on any atom is -0.465 e. The highest BCUT2D eigenvalue weighted by atomic mass is 16.5. The standard InChI is InChI=1S/C13H28N2O2/c1-7-14-13(6,12(16)17-9-3)10-15(8-2)11(4)5/h11,14H,7-10H2,1-6H3. The Morgan fingerprint density at radius 1 is 1.35 bits per heavy atom. The van der Waals surface area contributed by atoms with Gasteiger partial charge in [-0.3, -0.25) is 9.69 Å². The molecule has 0 radical (unpaired) electrons. The monoisotopic (exact) mass is 244 g/mol. The van der Waals surface area contributed by atoms with Gasteiger partial charge in [0.2, 0.25) is 0 Å². The third kappa shape index (κ3) is 5.04. The number of nitrogens with zero attached hydrogens (tertiary/aromatic N) is 1. The molecular weight excluding hydrogens is 216 g/mol. The van der Waals surface area contributed by atoms with Crippen LogP contribution in [-0.2, 0) is 9.53 Å². The van der Waals surface area contributed by atoms with E-state index >= 15 is 0 Å². The molecule has 0 saturated carbocycles. The Labute approximate surface area is 106 Å². The van der Waals surface area contributed by atoms with Gasteiger partial charge < -0.3 is 10.1 Å². The van der Waals surface area contributed by atoms with Gasteiger partial charge in [-0.05, 0) is 40.8 Å². The first-order valence-electron chi connectivity index (χ1n) is 6.57. The Hall–Kier alpha value is -0.610. The molecule has 4 heteroatoms. The third-order valence-corrected chi connectivity index (χ3v) is 2.95. The topological polar surface area (TPSA) is 41.6 Å². The quantitative estimate of drug-likeness (QED) is 0.659. The van der Waals surface area contributed by atoms with Gasteiger partial charge in [-0.1, -0.05) is 13.8 Å². The van der Waals surface area contributed by atoms with E-state index in [4.69, 9.17) is 4.74 Å². The lowest BCUT2D eigenvalue weighted by atomic mass is 10.0. The summed E-state index contributed by atoms with van der Waals surface area (Å²) in [7, 11) is 0. The number of ether oxygens (including phenoxy) is 1. The van der Waals surface area contributed by atoms with Gasteiger partial charge in [0.1, 0.15) is 5.54 Å². The molecule has 0 bridgehead atoms. The first kappa shape index (κ1) is 16.4. The van der Waals surface area contributed by atoms with Crippen LogP contribution in [0.1, 0.15) is 41.5 Å². The van der Waals surface area contributed by atoms with Crippen molar-refractivity contribution in [1.82, 2.24) is 10.2 Å². The fraction of sp³-hybridized carbons (Fsp3) is 0.923. The van der Waals surface area contributed by atoms with Crippen molar-refractivity contribution >= 4 is 5.97 Å². The van der Waals surface area contributed by atoms with Crippen molar-refractivity contribution in [2.24, 2.45) is 0 Å². The number of carbonyl (C=O) groups excluding carboxylic acids is 1. The molecule has 0 spiro atoms. The average molecular weight is 244 g/mol. The average Bonchev–Trinajstić information content (AvgIpc) is 2.26. The maximum Gasteiger partial charge on any atom is 0.327 e. The van der Waals surface area contributed by atoms with Gasteiger partial charge in [0.05, 0.1) is 6.61 Å². The van der Waals surface area contributed by atoms with Crippen LogP contribution in [-0.4, -0.2) is 48.7 Å². The molecule has 0 aromatic rings. The number of esters is 1. The highest BCUT2D eigenvalue weighted by molar-refractivity contribution is 5.80. The second-order valence-electron chi connectivity index (χ2n) is 4.74. The summed E-state index contributed by atoms with van der Waals surface area (Å²) in [6.07, 6.45) is 0. The zero-order chi connectivity index (χ0) is 13.5.